The Morgan fingerprint density at radius 1 is 1.06 bits per heavy atom. The molecular weight excluding hydrogens is 645 g/mol. The molecule has 3 aliphatic heterocycles. The van der Waals surface area contributed by atoms with Crippen LogP contribution in [0, 0.1) is 11.8 Å². The zero-order chi connectivity index (χ0) is 34.6. The highest BCUT2D eigenvalue weighted by atomic mass is 35.5. The van der Waals surface area contributed by atoms with E-state index in [0.717, 1.165) is 56.1 Å². The van der Waals surface area contributed by atoms with Gasteiger partial charge in [0, 0.05) is 51.4 Å². The third-order valence-corrected chi connectivity index (χ3v) is 10.5. The summed E-state index contributed by atoms with van der Waals surface area (Å²) in [5.74, 6) is -0.911. The SMILES string of the molecule is CN1CCC(CCN(C)C(=O)C(CC(=O)N2CCC(N3CCc4ccccc4NC3=O)CC2)Cc2cc(Cl)c(N)c(C(F)(F)F)c2)CC1. The Hall–Kier alpha value is -3.51. The number of alkyl halides is 3. The summed E-state index contributed by atoms with van der Waals surface area (Å²) in [6, 6.07) is 9.83. The van der Waals surface area contributed by atoms with Crippen molar-refractivity contribution in [2.24, 2.45) is 11.8 Å². The standard InChI is InChI=1S/C35H46ClF3N6O3/c1-42-13-7-23(8-14-42)9-15-43(2)33(47)26(19-24-20-28(35(37,38)39)32(40)29(36)21-24)22-31(46)44-16-11-27(12-17-44)45-18-10-25-5-3-4-6-30(25)41-34(45)48/h3-6,20-21,23,26-27H,7-19,22,40H2,1-2H3,(H,41,48). The Kier molecular flexibility index (Phi) is 11.5. The molecule has 0 aromatic heterocycles. The molecule has 0 spiro atoms. The number of urea groups is 1. The summed E-state index contributed by atoms with van der Waals surface area (Å²) in [6.07, 6.45) is -0.123. The first-order chi connectivity index (χ1) is 22.8. The van der Waals surface area contributed by atoms with Crippen molar-refractivity contribution in [1.29, 1.82) is 0 Å². The van der Waals surface area contributed by atoms with Crippen LogP contribution in [0.25, 0.3) is 0 Å². The molecule has 2 saturated heterocycles. The van der Waals surface area contributed by atoms with Crippen molar-refractivity contribution >= 4 is 40.8 Å². The summed E-state index contributed by atoms with van der Waals surface area (Å²) in [5, 5.41) is 2.76. The number of rotatable bonds is 9. The fraction of sp³-hybridized carbons (Fsp3) is 0.571. The van der Waals surface area contributed by atoms with Gasteiger partial charge in [0.2, 0.25) is 11.8 Å². The molecule has 3 aliphatic rings. The Morgan fingerprint density at radius 2 is 1.75 bits per heavy atom. The van der Waals surface area contributed by atoms with Gasteiger partial charge in [-0.1, -0.05) is 29.8 Å². The molecule has 13 heteroatoms. The summed E-state index contributed by atoms with van der Waals surface area (Å²) < 4.78 is 41.3. The van der Waals surface area contributed by atoms with Crippen LogP contribution in [0.3, 0.4) is 0 Å². The average molecular weight is 691 g/mol. The molecule has 2 fully saturated rings. The maximum absolute atomic E-state index is 13.9. The number of anilines is 2. The highest BCUT2D eigenvalue weighted by molar-refractivity contribution is 6.33. The largest absolute Gasteiger partial charge is 0.418 e. The number of likely N-dealkylation sites (tertiary alicyclic amines) is 2. The molecule has 0 saturated carbocycles. The zero-order valence-corrected chi connectivity index (χ0v) is 28.5. The van der Waals surface area contributed by atoms with Gasteiger partial charge < -0.3 is 30.7 Å². The number of para-hydroxylation sites is 1. The topological polar surface area (TPSA) is 102 Å². The molecule has 1 unspecified atom stereocenters. The second-order valence-electron chi connectivity index (χ2n) is 13.6. The summed E-state index contributed by atoms with van der Waals surface area (Å²) in [5.41, 5.74) is 6.13. The number of carbonyl (C=O) groups is 3. The smallest absolute Gasteiger partial charge is 0.397 e. The van der Waals surface area contributed by atoms with Gasteiger partial charge in [-0.2, -0.15) is 13.2 Å². The van der Waals surface area contributed by atoms with Crippen molar-refractivity contribution in [3.8, 4) is 0 Å². The van der Waals surface area contributed by atoms with Gasteiger partial charge >= 0.3 is 12.2 Å². The molecule has 4 amide bonds. The predicted octanol–water partition coefficient (Wildman–Crippen LogP) is 5.76. The van der Waals surface area contributed by atoms with Crippen LogP contribution in [0.5, 0.6) is 0 Å². The zero-order valence-electron chi connectivity index (χ0n) is 27.7. The number of nitrogens with one attached hydrogen (secondary N) is 1. The van der Waals surface area contributed by atoms with E-state index in [9.17, 15) is 27.6 Å². The number of nitrogen functional groups attached to an aromatic ring is 1. The first-order valence-corrected chi connectivity index (χ1v) is 17.2. The Labute approximate surface area is 285 Å². The number of hydrogen-bond acceptors (Lipinski definition) is 5. The number of nitrogens with zero attached hydrogens (tertiary/aromatic N) is 4. The summed E-state index contributed by atoms with van der Waals surface area (Å²) >= 11 is 6.12. The first kappa shape index (κ1) is 35.8. The summed E-state index contributed by atoms with van der Waals surface area (Å²) in [6.45, 7) is 3.92. The maximum Gasteiger partial charge on any atom is 0.418 e. The number of carbonyl (C=O) groups excluding carboxylic acids is 3. The molecule has 3 heterocycles. The highest BCUT2D eigenvalue weighted by Gasteiger charge is 2.36. The van der Waals surface area contributed by atoms with Crippen molar-refractivity contribution in [3.05, 3.63) is 58.1 Å². The number of hydrogen-bond donors (Lipinski definition) is 2. The fourth-order valence-electron chi connectivity index (χ4n) is 7.21. The normalized spacial score (nSPS) is 19.0. The molecule has 0 aliphatic carbocycles. The van der Waals surface area contributed by atoms with E-state index in [4.69, 9.17) is 17.3 Å². The molecule has 262 valence electrons. The minimum atomic E-state index is -4.72. The fourth-order valence-corrected chi connectivity index (χ4v) is 7.45. The number of halogens is 4. The Balaban J connectivity index is 1.25. The van der Waals surface area contributed by atoms with Crippen LogP contribution in [0.4, 0.5) is 29.3 Å². The monoisotopic (exact) mass is 690 g/mol. The second kappa shape index (κ2) is 15.4. The molecule has 3 N–H and O–H groups in total. The van der Waals surface area contributed by atoms with Gasteiger partial charge in [-0.05, 0) is 100 Å². The van der Waals surface area contributed by atoms with Crippen LogP contribution in [0.15, 0.2) is 36.4 Å². The van der Waals surface area contributed by atoms with Crippen molar-refractivity contribution in [3.63, 3.8) is 0 Å². The van der Waals surface area contributed by atoms with E-state index < -0.39 is 23.3 Å². The highest BCUT2D eigenvalue weighted by Crippen LogP contribution is 2.38. The summed E-state index contributed by atoms with van der Waals surface area (Å²) in [7, 11) is 3.79. The van der Waals surface area contributed by atoms with Gasteiger partial charge in [0.1, 0.15) is 0 Å². The van der Waals surface area contributed by atoms with Crippen LogP contribution in [0.2, 0.25) is 5.02 Å². The quantitative estimate of drug-likeness (QED) is 0.326. The van der Waals surface area contributed by atoms with E-state index in [-0.39, 0.29) is 47.3 Å². The molecule has 48 heavy (non-hydrogen) atoms. The Morgan fingerprint density at radius 3 is 2.44 bits per heavy atom. The molecule has 9 nitrogen and oxygen atoms in total. The predicted molar refractivity (Wildman–Crippen MR) is 181 cm³/mol. The van der Waals surface area contributed by atoms with Crippen LogP contribution in [0.1, 0.15) is 55.2 Å². The molecule has 0 bridgehead atoms. The van der Waals surface area contributed by atoms with E-state index in [1.165, 1.54) is 6.07 Å². The molecule has 5 rings (SSSR count). The number of amides is 4. The van der Waals surface area contributed by atoms with Crippen molar-refractivity contribution < 1.29 is 27.6 Å². The lowest BCUT2D eigenvalue weighted by Gasteiger charge is -2.38. The average Bonchev–Trinajstić information content (AvgIpc) is 3.22. The number of fused-ring (bicyclic) bond motifs is 1. The number of benzene rings is 2. The lowest BCUT2D eigenvalue weighted by atomic mass is 9.91. The van der Waals surface area contributed by atoms with E-state index >= 15 is 0 Å². The second-order valence-corrected chi connectivity index (χ2v) is 14.0. The van der Waals surface area contributed by atoms with Crippen LogP contribution in [-0.4, -0.2) is 96.9 Å². The van der Waals surface area contributed by atoms with Gasteiger partial charge in [0.05, 0.1) is 22.2 Å². The lowest BCUT2D eigenvalue weighted by Crippen LogP contribution is -2.50. The third-order valence-electron chi connectivity index (χ3n) is 10.2. The van der Waals surface area contributed by atoms with E-state index in [2.05, 4.69) is 17.3 Å². The van der Waals surface area contributed by atoms with Crippen LogP contribution < -0.4 is 11.1 Å². The Bertz CT molecular complexity index is 1470. The minimum Gasteiger partial charge on any atom is -0.397 e. The maximum atomic E-state index is 13.9. The van der Waals surface area contributed by atoms with E-state index in [1.54, 1.807) is 16.8 Å². The van der Waals surface area contributed by atoms with Gasteiger partial charge in [0.15, 0.2) is 0 Å². The first-order valence-electron chi connectivity index (χ1n) is 16.8. The van der Waals surface area contributed by atoms with E-state index in [0.29, 0.717) is 44.9 Å². The van der Waals surface area contributed by atoms with Crippen molar-refractivity contribution in [2.45, 2.75) is 63.6 Å². The molecule has 2 aromatic rings. The van der Waals surface area contributed by atoms with Gasteiger partial charge in [-0.25, -0.2) is 4.79 Å². The lowest BCUT2D eigenvalue weighted by molar-refractivity contribution is -0.141. The third kappa shape index (κ3) is 8.74. The number of piperidine rings is 2. The van der Waals surface area contributed by atoms with Crippen molar-refractivity contribution in [1.82, 2.24) is 19.6 Å². The minimum absolute atomic E-state index is 0.0378. The summed E-state index contributed by atoms with van der Waals surface area (Å²) in [4.78, 5) is 48.0. The molecular formula is C35H46ClF3N6O3. The number of nitrogens with two attached hydrogens (primary N) is 1. The molecule has 1 atom stereocenters. The molecule has 0 radical (unpaired) electrons. The van der Waals surface area contributed by atoms with Crippen LogP contribution in [-0.2, 0) is 28.6 Å². The van der Waals surface area contributed by atoms with Gasteiger partial charge in [-0.3, -0.25) is 9.59 Å². The van der Waals surface area contributed by atoms with Gasteiger partial charge in [-0.15, -0.1) is 0 Å². The van der Waals surface area contributed by atoms with Gasteiger partial charge in [0.25, 0.3) is 0 Å². The molecule has 2 aromatic carbocycles. The van der Waals surface area contributed by atoms with E-state index in [1.807, 2.05) is 29.2 Å². The van der Waals surface area contributed by atoms with Crippen LogP contribution >= 0.6 is 11.6 Å². The van der Waals surface area contributed by atoms with Crippen molar-refractivity contribution in [2.75, 3.05) is 64.4 Å².